The second kappa shape index (κ2) is 5.61. The molecule has 0 unspecified atom stereocenters. The van der Waals surface area contributed by atoms with E-state index in [-0.39, 0.29) is 0 Å². The fraction of sp³-hybridized carbons (Fsp3) is 0.333. The molecule has 0 atom stereocenters. The van der Waals surface area contributed by atoms with Gasteiger partial charge in [0.2, 0.25) is 0 Å². The van der Waals surface area contributed by atoms with Crippen molar-refractivity contribution in [2.45, 2.75) is 38.6 Å². The maximum Gasteiger partial charge on any atom is 0.190 e. The van der Waals surface area contributed by atoms with Gasteiger partial charge in [0.1, 0.15) is 5.82 Å². The Morgan fingerprint density at radius 1 is 1.00 bits per heavy atom. The fourth-order valence-corrected chi connectivity index (χ4v) is 3.31. The molecule has 2 N–H and O–H groups in total. The smallest absolute Gasteiger partial charge is 0.190 e. The van der Waals surface area contributed by atoms with E-state index < -0.39 is 0 Å². The van der Waals surface area contributed by atoms with Crippen LogP contribution < -0.4 is 5.73 Å². The fourth-order valence-electron chi connectivity index (χ4n) is 2.20. The highest BCUT2D eigenvalue weighted by Crippen LogP contribution is 2.25. The summed E-state index contributed by atoms with van der Waals surface area (Å²) >= 11 is 1.63. The van der Waals surface area contributed by atoms with Gasteiger partial charge in [-0.3, -0.25) is 0 Å². The van der Waals surface area contributed by atoms with Gasteiger partial charge in [0.15, 0.2) is 5.16 Å². The molecule has 0 fully saturated rings. The van der Waals surface area contributed by atoms with Gasteiger partial charge < -0.3 is 5.73 Å². The molecule has 0 aliphatic carbocycles. The first-order chi connectivity index (χ1) is 8.95. The van der Waals surface area contributed by atoms with Crippen LogP contribution >= 0.6 is 11.8 Å². The molecule has 0 aliphatic rings. The van der Waals surface area contributed by atoms with E-state index in [1.165, 1.54) is 22.3 Å². The molecule has 1 aromatic carbocycles. The van der Waals surface area contributed by atoms with Gasteiger partial charge in [-0.2, -0.15) is 0 Å². The van der Waals surface area contributed by atoms with Crippen molar-refractivity contribution >= 4 is 17.6 Å². The highest BCUT2D eigenvalue weighted by atomic mass is 32.2. The molecule has 0 bridgehead atoms. The summed E-state index contributed by atoms with van der Waals surface area (Å²) in [5, 5.41) is 0.747. The molecule has 0 saturated heterocycles. The molecule has 0 spiro atoms. The minimum absolute atomic E-state index is 0.535. The number of aromatic nitrogens is 2. The van der Waals surface area contributed by atoms with Crippen LogP contribution in [0.4, 0.5) is 5.82 Å². The predicted octanol–water partition coefficient (Wildman–Crippen LogP) is 3.58. The van der Waals surface area contributed by atoms with E-state index in [0.717, 1.165) is 16.6 Å². The Labute approximate surface area is 118 Å². The molecule has 1 aromatic heterocycles. The quantitative estimate of drug-likeness (QED) is 0.686. The van der Waals surface area contributed by atoms with Crippen molar-refractivity contribution in [3.05, 3.63) is 46.1 Å². The third-order valence-electron chi connectivity index (χ3n) is 3.04. The maximum absolute atomic E-state index is 5.74. The van der Waals surface area contributed by atoms with Gasteiger partial charge in [0.05, 0.1) is 0 Å². The maximum atomic E-state index is 5.74. The average molecular weight is 273 g/mol. The van der Waals surface area contributed by atoms with E-state index in [2.05, 4.69) is 42.9 Å². The molecule has 0 amide bonds. The zero-order chi connectivity index (χ0) is 14.0. The van der Waals surface area contributed by atoms with Crippen molar-refractivity contribution in [3.8, 4) is 0 Å². The van der Waals surface area contributed by atoms with Crippen molar-refractivity contribution in [1.29, 1.82) is 0 Å². The van der Waals surface area contributed by atoms with E-state index in [1.807, 2.05) is 6.92 Å². The summed E-state index contributed by atoms with van der Waals surface area (Å²) < 4.78 is 0. The van der Waals surface area contributed by atoms with Crippen LogP contribution in [-0.4, -0.2) is 9.97 Å². The molecular weight excluding hydrogens is 254 g/mol. The number of nitrogen functional groups attached to an aromatic ring is 1. The Morgan fingerprint density at radius 2 is 1.63 bits per heavy atom. The zero-order valence-electron chi connectivity index (χ0n) is 11.8. The van der Waals surface area contributed by atoms with Gasteiger partial charge in [-0.25, -0.2) is 9.97 Å². The number of hydrogen-bond donors (Lipinski definition) is 1. The molecule has 100 valence electrons. The Kier molecular flexibility index (Phi) is 4.10. The van der Waals surface area contributed by atoms with Crippen LogP contribution in [0.2, 0.25) is 0 Å². The van der Waals surface area contributed by atoms with Crippen molar-refractivity contribution in [2.75, 3.05) is 5.73 Å². The van der Waals surface area contributed by atoms with E-state index in [1.54, 1.807) is 17.8 Å². The number of nitrogens with two attached hydrogens (primary N) is 1. The normalized spacial score (nSPS) is 10.7. The van der Waals surface area contributed by atoms with Crippen LogP contribution in [0.3, 0.4) is 0 Å². The van der Waals surface area contributed by atoms with E-state index in [9.17, 15) is 0 Å². The first-order valence-corrected chi connectivity index (χ1v) is 7.25. The lowest BCUT2D eigenvalue weighted by Crippen LogP contribution is -1.98. The van der Waals surface area contributed by atoms with Crippen molar-refractivity contribution in [3.63, 3.8) is 0 Å². The number of anilines is 1. The Bertz CT molecular complexity index is 565. The molecule has 3 nitrogen and oxygen atoms in total. The monoisotopic (exact) mass is 273 g/mol. The first-order valence-electron chi connectivity index (χ1n) is 6.26. The molecule has 2 aromatic rings. The molecule has 19 heavy (non-hydrogen) atoms. The Balaban J connectivity index is 2.19. The van der Waals surface area contributed by atoms with Crippen LogP contribution in [0.1, 0.15) is 27.9 Å². The van der Waals surface area contributed by atoms with E-state index >= 15 is 0 Å². The summed E-state index contributed by atoms with van der Waals surface area (Å²) in [6.45, 7) is 8.37. The Hall–Kier alpha value is -1.55. The average Bonchev–Trinajstić information content (AvgIpc) is 2.25. The van der Waals surface area contributed by atoms with E-state index in [4.69, 9.17) is 5.73 Å². The number of hydrogen-bond acceptors (Lipinski definition) is 4. The van der Waals surface area contributed by atoms with Gasteiger partial charge in [-0.1, -0.05) is 29.5 Å². The van der Waals surface area contributed by atoms with Crippen LogP contribution in [-0.2, 0) is 5.75 Å². The highest BCUT2D eigenvalue weighted by molar-refractivity contribution is 7.98. The zero-order valence-corrected chi connectivity index (χ0v) is 12.6. The third kappa shape index (κ3) is 3.47. The number of benzene rings is 1. The number of aryl methyl sites for hydroxylation is 4. The highest BCUT2D eigenvalue weighted by Gasteiger charge is 2.07. The molecule has 0 radical (unpaired) electrons. The summed E-state index contributed by atoms with van der Waals surface area (Å²) in [6, 6.07) is 6.22. The first kappa shape index (κ1) is 13.9. The van der Waals surface area contributed by atoms with Crippen LogP contribution in [0, 0.1) is 27.7 Å². The van der Waals surface area contributed by atoms with Gasteiger partial charge in [-0.15, -0.1) is 0 Å². The largest absolute Gasteiger partial charge is 0.384 e. The second-order valence-corrected chi connectivity index (χ2v) is 5.83. The minimum atomic E-state index is 0.535. The topological polar surface area (TPSA) is 51.8 Å². The third-order valence-corrected chi connectivity index (χ3v) is 3.91. The molecule has 0 aliphatic heterocycles. The second-order valence-electron chi connectivity index (χ2n) is 4.88. The summed E-state index contributed by atoms with van der Waals surface area (Å²) in [5.74, 6) is 1.41. The summed E-state index contributed by atoms with van der Waals surface area (Å²) in [6.07, 6.45) is 0. The SMILES string of the molecule is Cc1cc(C)c(CSc2nc(C)cc(N)n2)c(C)c1. The molecular formula is C15H19N3S. The van der Waals surface area contributed by atoms with Gasteiger partial charge >= 0.3 is 0 Å². The lowest BCUT2D eigenvalue weighted by molar-refractivity contribution is 0.939. The van der Waals surface area contributed by atoms with Crippen molar-refractivity contribution in [1.82, 2.24) is 9.97 Å². The van der Waals surface area contributed by atoms with Crippen LogP contribution in [0.5, 0.6) is 0 Å². The number of nitrogens with zero attached hydrogens (tertiary/aromatic N) is 2. The van der Waals surface area contributed by atoms with E-state index in [0.29, 0.717) is 5.82 Å². The van der Waals surface area contributed by atoms with Crippen molar-refractivity contribution in [2.24, 2.45) is 0 Å². The minimum Gasteiger partial charge on any atom is -0.384 e. The lowest BCUT2D eigenvalue weighted by Gasteiger charge is -2.10. The predicted molar refractivity (Wildman–Crippen MR) is 81.4 cm³/mol. The van der Waals surface area contributed by atoms with Crippen molar-refractivity contribution < 1.29 is 0 Å². The van der Waals surface area contributed by atoms with Gasteiger partial charge in [-0.05, 0) is 44.4 Å². The standard InChI is InChI=1S/C15H19N3S/c1-9-5-10(2)13(11(3)6-9)8-19-15-17-12(4)7-14(16)18-15/h5-7H,8H2,1-4H3,(H2,16,17,18). The Morgan fingerprint density at radius 3 is 2.21 bits per heavy atom. The molecule has 0 saturated carbocycles. The molecule has 1 heterocycles. The molecule has 2 rings (SSSR count). The number of thioether (sulfide) groups is 1. The summed E-state index contributed by atoms with van der Waals surface area (Å²) in [7, 11) is 0. The van der Waals surface area contributed by atoms with Crippen LogP contribution in [0.15, 0.2) is 23.4 Å². The summed E-state index contributed by atoms with van der Waals surface area (Å²) in [4.78, 5) is 8.65. The summed E-state index contributed by atoms with van der Waals surface area (Å²) in [5.41, 5.74) is 12.0. The van der Waals surface area contributed by atoms with Crippen LogP contribution in [0.25, 0.3) is 0 Å². The van der Waals surface area contributed by atoms with Gasteiger partial charge in [0, 0.05) is 17.5 Å². The lowest BCUT2D eigenvalue weighted by atomic mass is 10.0. The molecule has 4 heteroatoms. The van der Waals surface area contributed by atoms with Gasteiger partial charge in [0.25, 0.3) is 0 Å². The number of rotatable bonds is 3.